The predicted octanol–water partition coefficient (Wildman–Crippen LogP) is 3.96. The minimum Gasteiger partial charge on any atom is -0.336 e. The molecule has 0 atom stereocenters. The number of anilines is 2. The van der Waals surface area contributed by atoms with Crippen molar-refractivity contribution in [2.45, 2.75) is 6.92 Å². The van der Waals surface area contributed by atoms with Gasteiger partial charge < -0.3 is 10.6 Å². The number of thiophene rings is 1. The highest BCUT2D eigenvalue weighted by molar-refractivity contribution is 7.17. The van der Waals surface area contributed by atoms with Gasteiger partial charge in [-0.1, -0.05) is 0 Å². The number of nitrogens with one attached hydrogen (secondary N) is 2. The quantitative estimate of drug-likeness (QED) is 0.715. The van der Waals surface area contributed by atoms with Crippen molar-refractivity contribution in [3.05, 3.63) is 51.7 Å². The molecule has 4 rings (SSSR count). The fraction of sp³-hybridized carbons (Fsp3) is 0.167. The number of carbonyl (C=O) groups is 2. The third kappa shape index (κ3) is 3.21. The predicted molar refractivity (Wildman–Crippen MR) is 105 cm³/mol. The Kier molecular flexibility index (Phi) is 4.44. The van der Waals surface area contributed by atoms with Crippen LogP contribution in [0, 0.1) is 6.92 Å². The van der Waals surface area contributed by atoms with Crippen LogP contribution in [0.1, 0.15) is 15.4 Å². The normalized spacial score (nSPS) is 13.7. The van der Waals surface area contributed by atoms with Crippen molar-refractivity contribution in [2.75, 3.05) is 23.3 Å². The van der Waals surface area contributed by atoms with Crippen LogP contribution in [-0.2, 0) is 0 Å². The molecular formula is C18H16N4O2S2. The summed E-state index contributed by atoms with van der Waals surface area (Å²) in [4.78, 5) is 31.1. The molecule has 0 spiro atoms. The number of thiazole rings is 1. The molecule has 0 unspecified atom stereocenters. The van der Waals surface area contributed by atoms with E-state index in [0.29, 0.717) is 23.7 Å². The Morgan fingerprint density at radius 2 is 2.08 bits per heavy atom. The third-order valence-electron chi connectivity index (χ3n) is 4.06. The molecule has 26 heavy (non-hydrogen) atoms. The number of benzene rings is 1. The lowest BCUT2D eigenvalue weighted by Crippen LogP contribution is -2.27. The van der Waals surface area contributed by atoms with E-state index in [4.69, 9.17) is 0 Å². The van der Waals surface area contributed by atoms with Crippen LogP contribution < -0.4 is 15.5 Å². The van der Waals surface area contributed by atoms with Gasteiger partial charge in [-0.2, -0.15) is 11.3 Å². The second-order valence-electron chi connectivity index (χ2n) is 5.83. The number of hydrogen-bond acceptors (Lipinski definition) is 5. The lowest BCUT2D eigenvalue weighted by Gasteiger charge is -2.14. The molecule has 0 aliphatic carbocycles. The molecule has 3 aromatic rings. The fourth-order valence-corrected chi connectivity index (χ4v) is 4.42. The second-order valence-corrected chi connectivity index (χ2v) is 7.61. The molecule has 1 aliphatic rings. The van der Waals surface area contributed by atoms with Gasteiger partial charge in [-0.15, -0.1) is 11.3 Å². The summed E-state index contributed by atoms with van der Waals surface area (Å²) in [6, 6.07) is 9.16. The summed E-state index contributed by atoms with van der Waals surface area (Å²) >= 11 is 3.00. The van der Waals surface area contributed by atoms with E-state index in [1.54, 1.807) is 28.4 Å². The fourth-order valence-electron chi connectivity index (χ4n) is 2.75. The van der Waals surface area contributed by atoms with E-state index in [1.807, 2.05) is 35.9 Å². The maximum atomic E-state index is 12.6. The van der Waals surface area contributed by atoms with E-state index in [2.05, 4.69) is 15.6 Å². The molecule has 2 aromatic heterocycles. The van der Waals surface area contributed by atoms with E-state index in [0.717, 1.165) is 22.0 Å². The molecule has 3 amide bonds. The highest BCUT2D eigenvalue weighted by atomic mass is 32.1. The number of aromatic nitrogens is 1. The van der Waals surface area contributed by atoms with Crippen LogP contribution >= 0.6 is 22.7 Å². The summed E-state index contributed by atoms with van der Waals surface area (Å²) in [5.41, 5.74) is 3.25. The van der Waals surface area contributed by atoms with Crippen LogP contribution in [0.5, 0.6) is 0 Å². The van der Waals surface area contributed by atoms with Gasteiger partial charge in [-0.25, -0.2) is 9.78 Å². The summed E-state index contributed by atoms with van der Waals surface area (Å²) in [5.74, 6) is -0.173. The molecule has 8 heteroatoms. The van der Waals surface area contributed by atoms with Gasteiger partial charge in [0.05, 0.1) is 5.69 Å². The van der Waals surface area contributed by atoms with Crippen molar-refractivity contribution in [2.24, 2.45) is 0 Å². The maximum absolute atomic E-state index is 12.6. The van der Waals surface area contributed by atoms with E-state index in [9.17, 15) is 9.59 Å². The first-order valence-electron chi connectivity index (χ1n) is 8.08. The van der Waals surface area contributed by atoms with Crippen molar-refractivity contribution in [1.29, 1.82) is 0 Å². The average Bonchev–Trinajstić information content (AvgIpc) is 3.36. The third-order valence-corrected chi connectivity index (χ3v) is 5.95. The standard InChI is InChI=1S/C18H16N4O2S2/c1-11-15(26-17(20-11)12-6-9-25-10-12)16(23)21-13-2-4-14(5-3-13)22-8-7-19-18(22)24/h2-6,9-10H,7-8H2,1H3,(H,19,24)(H,21,23). The molecule has 3 heterocycles. The Morgan fingerprint density at radius 3 is 2.73 bits per heavy atom. The summed E-state index contributed by atoms with van der Waals surface area (Å²) in [6.45, 7) is 3.14. The number of nitrogens with zero attached hydrogens (tertiary/aromatic N) is 2. The Labute approximate surface area is 158 Å². The van der Waals surface area contributed by atoms with Gasteiger partial charge in [0.1, 0.15) is 9.88 Å². The van der Waals surface area contributed by atoms with Crippen molar-refractivity contribution >= 4 is 46.0 Å². The highest BCUT2D eigenvalue weighted by Gasteiger charge is 2.21. The zero-order valence-corrected chi connectivity index (χ0v) is 15.6. The van der Waals surface area contributed by atoms with Crippen LogP contribution in [0.15, 0.2) is 41.1 Å². The number of urea groups is 1. The summed E-state index contributed by atoms with van der Waals surface area (Å²) in [6.07, 6.45) is 0. The first-order valence-corrected chi connectivity index (χ1v) is 9.84. The molecule has 132 valence electrons. The van der Waals surface area contributed by atoms with Gasteiger partial charge >= 0.3 is 6.03 Å². The van der Waals surface area contributed by atoms with Crippen molar-refractivity contribution in [3.8, 4) is 10.6 Å². The molecule has 0 radical (unpaired) electrons. The van der Waals surface area contributed by atoms with Crippen LogP contribution in [0.2, 0.25) is 0 Å². The molecule has 0 bridgehead atoms. The molecule has 1 aliphatic heterocycles. The van der Waals surface area contributed by atoms with Gasteiger partial charge in [-0.3, -0.25) is 9.69 Å². The monoisotopic (exact) mass is 384 g/mol. The van der Waals surface area contributed by atoms with Gasteiger partial charge in [0.25, 0.3) is 5.91 Å². The van der Waals surface area contributed by atoms with Gasteiger partial charge in [0, 0.05) is 35.4 Å². The highest BCUT2D eigenvalue weighted by Crippen LogP contribution is 2.30. The van der Waals surface area contributed by atoms with E-state index in [-0.39, 0.29) is 11.9 Å². The van der Waals surface area contributed by atoms with Crippen molar-refractivity contribution in [3.63, 3.8) is 0 Å². The average molecular weight is 384 g/mol. The molecular weight excluding hydrogens is 368 g/mol. The van der Waals surface area contributed by atoms with Gasteiger partial charge in [0.15, 0.2) is 0 Å². The number of rotatable bonds is 4. The number of carbonyl (C=O) groups excluding carboxylic acids is 2. The molecule has 2 N–H and O–H groups in total. The SMILES string of the molecule is Cc1nc(-c2ccsc2)sc1C(=O)Nc1ccc(N2CCNC2=O)cc1. The van der Waals surface area contributed by atoms with E-state index >= 15 is 0 Å². The Hall–Kier alpha value is -2.71. The molecule has 1 fully saturated rings. The minimum absolute atomic E-state index is 0.0944. The number of amides is 3. The first-order chi connectivity index (χ1) is 12.6. The summed E-state index contributed by atoms with van der Waals surface area (Å²) in [7, 11) is 0. The Bertz CT molecular complexity index is 948. The zero-order valence-electron chi connectivity index (χ0n) is 14.0. The van der Waals surface area contributed by atoms with Crippen LogP contribution in [0.3, 0.4) is 0 Å². The lowest BCUT2D eigenvalue weighted by molar-refractivity contribution is 0.103. The van der Waals surface area contributed by atoms with Crippen LogP contribution in [0.4, 0.5) is 16.2 Å². The van der Waals surface area contributed by atoms with Crippen molar-refractivity contribution in [1.82, 2.24) is 10.3 Å². The largest absolute Gasteiger partial charge is 0.336 e. The number of aryl methyl sites for hydroxylation is 1. The van der Waals surface area contributed by atoms with Gasteiger partial charge in [-0.05, 0) is 42.6 Å². The van der Waals surface area contributed by atoms with E-state index < -0.39 is 0 Å². The van der Waals surface area contributed by atoms with Crippen molar-refractivity contribution < 1.29 is 9.59 Å². The number of hydrogen-bond donors (Lipinski definition) is 2. The molecule has 6 nitrogen and oxygen atoms in total. The summed E-state index contributed by atoms with van der Waals surface area (Å²) in [5, 5.41) is 10.5. The van der Waals surface area contributed by atoms with E-state index in [1.165, 1.54) is 11.3 Å². The zero-order chi connectivity index (χ0) is 18.1. The maximum Gasteiger partial charge on any atom is 0.321 e. The molecule has 1 saturated heterocycles. The topological polar surface area (TPSA) is 74.3 Å². The lowest BCUT2D eigenvalue weighted by atomic mass is 10.2. The minimum atomic E-state index is -0.173. The Balaban J connectivity index is 1.49. The van der Waals surface area contributed by atoms with Crippen LogP contribution in [-0.4, -0.2) is 30.0 Å². The first kappa shape index (κ1) is 16.7. The summed E-state index contributed by atoms with van der Waals surface area (Å²) < 4.78 is 0. The Morgan fingerprint density at radius 1 is 1.27 bits per heavy atom. The smallest absolute Gasteiger partial charge is 0.321 e. The molecule has 0 saturated carbocycles. The van der Waals surface area contributed by atoms with Gasteiger partial charge in [0.2, 0.25) is 0 Å². The van der Waals surface area contributed by atoms with Crippen LogP contribution in [0.25, 0.3) is 10.6 Å². The second kappa shape index (κ2) is 6.89. The molecule has 1 aromatic carbocycles.